The van der Waals surface area contributed by atoms with E-state index in [4.69, 9.17) is 10.5 Å². The molecule has 1 aliphatic rings. The van der Waals surface area contributed by atoms with Crippen molar-refractivity contribution in [3.8, 4) is 0 Å². The Morgan fingerprint density at radius 1 is 1.47 bits per heavy atom. The van der Waals surface area contributed by atoms with E-state index in [-0.39, 0.29) is 6.04 Å². The van der Waals surface area contributed by atoms with Crippen molar-refractivity contribution in [3.63, 3.8) is 0 Å². The number of anilines is 1. The Labute approximate surface area is 114 Å². The Morgan fingerprint density at radius 3 is 2.68 bits per heavy atom. The van der Waals surface area contributed by atoms with E-state index in [1.54, 1.807) is 6.20 Å². The predicted octanol–water partition coefficient (Wildman–Crippen LogP) is 1.08. The van der Waals surface area contributed by atoms with Gasteiger partial charge in [0.1, 0.15) is 5.82 Å². The van der Waals surface area contributed by atoms with E-state index in [1.807, 2.05) is 31.0 Å². The number of nitrogens with two attached hydrogens (primary N) is 1. The average Bonchev–Trinajstić information content (AvgIpc) is 2.39. The lowest BCUT2D eigenvalue weighted by Gasteiger charge is -2.35. The van der Waals surface area contributed by atoms with E-state index in [2.05, 4.69) is 4.98 Å². The maximum absolute atomic E-state index is 10.5. The lowest BCUT2D eigenvalue weighted by molar-refractivity contribution is -0.0573. The number of nitrogens with zero attached hydrogens (tertiary/aromatic N) is 2. The number of likely N-dealkylation sites (N-methyl/N-ethyl adjacent to an activating group) is 1. The quantitative estimate of drug-likeness (QED) is 0.852. The maximum atomic E-state index is 10.5. The van der Waals surface area contributed by atoms with Crippen molar-refractivity contribution in [2.24, 2.45) is 5.73 Å². The predicted molar refractivity (Wildman–Crippen MR) is 75.1 cm³/mol. The van der Waals surface area contributed by atoms with Crippen LogP contribution in [0.15, 0.2) is 18.3 Å². The van der Waals surface area contributed by atoms with Gasteiger partial charge in [-0.05, 0) is 18.6 Å². The third kappa shape index (κ3) is 3.65. The Kier molecular flexibility index (Phi) is 4.39. The highest BCUT2D eigenvalue weighted by Crippen LogP contribution is 2.23. The summed E-state index contributed by atoms with van der Waals surface area (Å²) in [5, 5.41) is 10.5. The summed E-state index contributed by atoms with van der Waals surface area (Å²) in [5.41, 5.74) is 6.15. The minimum Gasteiger partial charge on any atom is -0.388 e. The Bertz CT molecular complexity index is 400. The van der Waals surface area contributed by atoms with Crippen molar-refractivity contribution >= 4 is 5.82 Å². The monoisotopic (exact) mass is 265 g/mol. The molecule has 1 atom stereocenters. The highest BCUT2D eigenvalue weighted by Gasteiger charge is 2.31. The van der Waals surface area contributed by atoms with Crippen LogP contribution in [0.1, 0.15) is 31.4 Å². The van der Waals surface area contributed by atoms with Crippen LogP contribution in [0.3, 0.4) is 0 Å². The van der Waals surface area contributed by atoms with Crippen LogP contribution < -0.4 is 10.6 Å². The molecule has 3 N–H and O–H groups in total. The Balaban J connectivity index is 2.00. The fourth-order valence-electron chi connectivity index (χ4n) is 2.32. The molecule has 0 aliphatic carbocycles. The van der Waals surface area contributed by atoms with Gasteiger partial charge in [0.15, 0.2) is 0 Å². The summed E-state index contributed by atoms with van der Waals surface area (Å²) in [6, 6.07) is 3.92. The van der Waals surface area contributed by atoms with Crippen molar-refractivity contribution in [1.82, 2.24) is 4.98 Å². The van der Waals surface area contributed by atoms with E-state index in [0.717, 1.165) is 11.4 Å². The second-order valence-electron chi connectivity index (χ2n) is 5.43. The van der Waals surface area contributed by atoms with E-state index in [9.17, 15) is 5.11 Å². The third-order valence-corrected chi connectivity index (χ3v) is 3.64. The van der Waals surface area contributed by atoms with Crippen LogP contribution in [0.25, 0.3) is 0 Å². The lowest BCUT2D eigenvalue weighted by atomic mass is 9.94. The Morgan fingerprint density at radius 2 is 2.16 bits per heavy atom. The molecule has 1 aliphatic heterocycles. The summed E-state index contributed by atoms with van der Waals surface area (Å²) < 4.78 is 5.29. The highest BCUT2D eigenvalue weighted by atomic mass is 16.5. The second kappa shape index (κ2) is 5.86. The van der Waals surface area contributed by atoms with Crippen LogP contribution in [0.5, 0.6) is 0 Å². The smallest absolute Gasteiger partial charge is 0.128 e. The van der Waals surface area contributed by atoms with Gasteiger partial charge < -0.3 is 20.5 Å². The molecule has 2 heterocycles. The van der Waals surface area contributed by atoms with Crippen LogP contribution in [0.4, 0.5) is 5.82 Å². The molecular formula is C14H23N3O2. The molecule has 1 aromatic rings. The van der Waals surface area contributed by atoms with Gasteiger partial charge in [0.25, 0.3) is 0 Å². The van der Waals surface area contributed by atoms with E-state index in [0.29, 0.717) is 32.6 Å². The molecule has 106 valence electrons. The van der Waals surface area contributed by atoms with E-state index in [1.165, 1.54) is 0 Å². The summed E-state index contributed by atoms with van der Waals surface area (Å²) in [6.07, 6.45) is 3.15. The molecule has 5 nitrogen and oxygen atoms in total. The lowest BCUT2D eigenvalue weighted by Crippen LogP contribution is -2.46. The molecule has 2 rings (SSSR count). The Hall–Kier alpha value is -1.17. The average molecular weight is 265 g/mol. The molecule has 0 bridgehead atoms. The van der Waals surface area contributed by atoms with Gasteiger partial charge in [-0.3, -0.25) is 0 Å². The van der Waals surface area contributed by atoms with Gasteiger partial charge >= 0.3 is 0 Å². The minimum atomic E-state index is -0.672. The zero-order valence-electron chi connectivity index (χ0n) is 11.7. The highest BCUT2D eigenvalue weighted by molar-refractivity contribution is 5.39. The third-order valence-electron chi connectivity index (χ3n) is 3.64. The summed E-state index contributed by atoms with van der Waals surface area (Å²) in [5.74, 6) is 0.851. The zero-order valence-corrected chi connectivity index (χ0v) is 11.7. The van der Waals surface area contributed by atoms with Crippen molar-refractivity contribution in [3.05, 3.63) is 23.9 Å². The first-order valence-electron chi connectivity index (χ1n) is 6.73. The van der Waals surface area contributed by atoms with Crippen molar-refractivity contribution in [2.45, 2.75) is 31.4 Å². The van der Waals surface area contributed by atoms with Crippen LogP contribution in [-0.2, 0) is 4.74 Å². The van der Waals surface area contributed by atoms with Crippen LogP contribution in [-0.4, -0.2) is 42.5 Å². The molecule has 0 amide bonds. The summed E-state index contributed by atoms with van der Waals surface area (Å²) in [7, 11) is 1.95. The number of hydrogen-bond acceptors (Lipinski definition) is 5. The molecule has 19 heavy (non-hydrogen) atoms. The van der Waals surface area contributed by atoms with Crippen molar-refractivity contribution in [2.75, 3.05) is 31.7 Å². The first-order chi connectivity index (χ1) is 9.00. The molecule has 0 saturated carbocycles. The fourth-order valence-corrected chi connectivity index (χ4v) is 2.32. The fraction of sp³-hybridized carbons (Fsp3) is 0.643. The minimum absolute atomic E-state index is 0.00784. The molecule has 5 heteroatoms. The largest absolute Gasteiger partial charge is 0.388 e. The van der Waals surface area contributed by atoms with Crippen LogP contribution >= 0.6 is 0 Å². The van der Waals surface area contributed by atoms with Gasteiger partial charge in [-0.1, -0.05) is 6.07 Å². The zero-order chi connectivity index (χ0) is 13.9. The first kappa shape index (κ1) is 14.2. The van der Waals surface area contributed by atoms with Crippen molar-refractivity contribution in [1.29, 1.82) is 0 Å². The number of aliphatic hydroxyl groups is 1. The summed E-state index contributed by atoms with van der Waals surface area (Å²) >= 11 is 0. The molecule has 0 spiro atoms. The number of pyridine rings is 1. The molecule has 1 aromatic heterocycles. The molecule has 0 radical (unpaired) electrons. The molecule has 0 aromatic carbocycles. The SMILES string of the molecule is C[C@H](N)c1ccc(N(C)CC2(O)CCOCC2)nc1. The summed E-state index contributed by atoms with van der Waals surface area (Å²) in [6.45, 7) is 3.76. The summed E-state index contributed by atoms with van der Waals surface area (Å²) in [4.78, 5) is 6.38. The van der Waals surface area contributed by atoms with Gasteiger partial charge in [-0.2, -0.15) is 0 Å². The van der Waals surface area contributed by atoms with E-state index >= 15 is 0 Å². The standard InChI is InChI=1S/C14H23N3O2/c1-11(15)12-3-4-13(16-9-12)17(2)10-14(18)5-7-19-8-6-14/h3-4,9,11,18H,5-8,10,15H2,1-2H3/t11-/m0/s1. The van der Waals surface area contributed by atoms with Crippen molar-refractivity contribution < 1.29 is 9.84 Å². The number of rotatable bonds is 4. The van der Waals surface area contributed by atoms with Gasteiger partial charge in [0.2, 0.25) is 0 Å². The number of hydrogen-bond donors (Lipinski definition) is 2. The van der Waals surface area contributed by atoms with Crippen LogP contribution in [0, 0.1) is 0 Å². The number of ether oxygens (including phenoxy) is 1. The molecular weight excluding hydrogens is 242 g/mol. The normalized spacial score (nSPS) is 20.0. The second-order valence-corrected chi connectivity index (χ2v) is 5.43. The first-order valence-corrected chi connectivity index (χ1v) is 6.73. The van der Waals surface area contributed by atoms with Gasteiger partial charge in [-0.15, -0.1) is 0 Å². The van der Waals surface area contributed by atoms with Gasteiger partial charge in [0, 0.05) is 51.9 Å². The number of aromatic nitrogens is 1. The van der Waals surface area contributed by atoms with E-state index < -0.39 is 5.60 Å². The van der Waals surface area contributed by atoms with Gasteiger partial charge in [-0.25, -0.2) is 4.98 Å². The molecule has 1 fully saturated rings. The molecule has 0 unspecified atom stereocenters. The maximum Gasteiger partial charge on any atom is 0.128 e. The topological polar surface area (TPSA) is 71.6 Å². The van der Waals surface area contributed by atoms with Crippen LogP contribution in [0.2, 0.25) is 0 Å². The molecule has 1 saturated heterocycles. The van der Waals surface area contributed by atoms with Gasteiger partial charge in [0.05, 0.1) is 5.60 Å².